The van der Waals surface area contributed by atoms with Gasteiger partial charge in [-0.15, -0.1) is 11.3 Å². The van der Waals surface area contributed by atoms with E-state index in [0.717, 1.165) is 33.6 Å². The number of thiazole rings is 2. The molecule has 0 atom stereocenters. The van der Waals surface area contributed by atoms with Crippen molar-refractivity contribution >= 4 is 44.5 Å². The number of phenols is 1. The average molecular weight is 414 g/mol. The molecule has 3 rings (SSSR count). The maximum atomic E-state index is 12.6. The summed E-state index contributed by atoms with van der Waals surface area (Å²) in [7, 11) is 0. The van der Waals surface area contributed by atoms with Crippen molar-refractivity contribution in [2.75, 3.05) is 10.6 Å². The molecule has 0 spiro atoms. The third-order valence-electron chi connectivity index (χ3n) is 3.62. The number of carbonyl (C=O) groups excluding carboxylic acids is 1. The largest absolute Gasteiger partial charge is 0.508 e. The van der Waals surface area contributed by atoms with Crippen LogP contribution in [0.1, 0.15) is 26.5 Å². The van der Waals surface area contributed by atoms with Crippen LogP contribution in [0.5, 0.6) is 5.75 Å². The summed E-state index contributed by atoms with van der Waals surface area (Å²) >= 11 is 1.77. The molecule has 1 amide bonds. The molecule has 2 heterocycles. The lowest BCUT2D eigenvalue weighted by Crippen LogP contribution is -2.12. The number of halogens is 3. The molecule has 3 aromatic rings. The number of hydrogen-bond donors (Lipinski definition) is 3. The first kappa shape index (κ1) is 19.1. The molecular weight excluding hydrogens is 401 g/mol. The molecule has 0 saturated heterocycles. The summed E-state index contributed by atoms with van der Waals surface area (Å²) in [5.74, 6) is -0.376. The maximum Gasteiger partial charge on any atom is 0.434 e. The first-order valence-corrected chi connectivity index (χ1v) is 9.21. The van der Waals surface area contributed by atoms with Crippen LogP contribution < -0.4 is 10.6 Å². The third kappa shape index (κ3) is 4.19. The summed E-state index contributed by atoms with van der Waals surface area (Å²) < 4.78 is 37.7. The molecule has 6 nitrogen and oxygen atoms in total. The van der Waals surface area contributed by atoms with Crippen LogP contribution in [0.3, 0.4) is 0 Å². The Morgan fingerprint density at radius 2 is 1.96 bits per heavy atom. The van der Waals surface area contributed by atoms with Crippen molar-refractivity contribution in [3.05, 3.63) is 45.4 Å². The van der Waals surface area contributed by atoms with Gasteiger partial charge in [-0.3, -0.25) is 4.79 Å². The second-order valence-electron chi connectivity index (χ2n) is 5.55. The highest BCUT2D eigenvalue weighted by atomic mass is 32.1. The number of alkyl halides is 3. The molecule has 0 aliphatic rings. The average Bonchev–Trinajstić information content (AvgIpc) is 3.25. The van der Waals surface area contributed by atoms with Gasteiger partial charge in [-0.05, 0) is 25.5 Å². The zero-order valence-electron chi connectivity index (χ0n) is 14.0. The fourth-order valence-corrected chi connectivity index (χ4v) is 3.68. The van der Waals surface area contributed by atoms with Crippen molar-refractivity contribution in [3.8, 4) is 5.75 Å². The Balaban J connectivity index is 1.73. The summed E-state index contributed by atoms with van der Waals surface area (Å²) in [5.41, 5.74) is 0.828. The second-order valence-corrected chi connectivity index (χ2v) is 7.43. The summed E-state index contributed by atoms with van der Waals surface area (Å²) in [6, 6.07) is 3.22. The van der Waals surface area contributed by atoms with Crippen LogP contribution >= 0.6 is 22.7 Å². The number of nitrogens with zero attached hydrogens (tertiary/aromatic N) is 2. The van der Waals surface area contributed by atoms with E-state index >= 15 is 0 Å². The van der Waals surface area contributed by atoms with Crippen LogP contribution in [-0.2, 0) is 6.18 Å². The Morgan fingerprint density at radius 1 is 1.22 bits per heavy atom. The third-order valence-corrected chi connectivity index (χ3v) is 5.29. The van der Waals surface area contributed by atoms with E-state index in [1.807, 2.05) is 0 Å². The topological polar surface area (TPSA) is 87.1 Å². The van der Waals surface area contributed by atoms with Crippen LogP contribution in [0.4, 0.5) is 29.1 Å². The molecule has 0 radical (unpaired) electrons. The normalized spacial score (nSPS) is 11.4. The van der Waals surface area contributed by atoms with Gasteiger partial charge in [-0.25, -0.2) is 9.97 Å². The first-order chi connectivity index (χ1) is 12.6. The zero-order valence-corrected chi connectivity index (χ0v) is 15.6. The SMILES string of the molecule is Cc1ccc(O)c(C)c1NC(=O)c1cnc(Nc2nc(C(F)(F)F)cs2)s1. The minimum Gasteiger partial charge on any atom is -0.508 e. The van der Waals surface area contributed by atoms with E-state index < -0.39 is 17.8 Å². The quantitative estimate of drug-likeness (QED) is 0.563. The molecule has 0 unspecified atom stereocenters. The molecule has 11 heteroatoms. The number of aromatic nitrogens is 2. The Hall–Kier alpha value is -2.66. The van der Waals surface area contributed by atoms with Crippen molar-refractivity contribution in [2.24, 2.45) is 0 Å². The smallest absolute Gasteiger partial charge is 0.434 e. The molecule has 0 saturated carbocycles. The van der Waals surface area contributed by atoms with Crippen molar-refractivity contribution in [1.82, 2.24) is 9.97 Å². The van der Waals surface area contributed by atoms with Crippen molar-refractivity contribution < 1.29 is 23.1 Å². The first-order valence-electron chi connectivity index (χ1n) is 7.51. The number of hydrogen-bond acceptors (Lipinski definition) is 7. The van der Waals surface area contributed by atoms with E-state index in [9.17, 15) is 23.1 Å². The lowest BCUT2D eigenvalue weighted by molar-refractivity contribution is -0.140. The van der Waals surface area contributed by atoms with Gasteiger partial charge in [-0.2, -0.15) is 13.2 Å². The monoisotopic (exact) mass is 414 g/mol. The zero-order chi connectivity index (χ0) is 19.8. The highest BCUT2D eigenvalue weighted by Gasteiger charge is 2.33. The second kappa shape index (κ2) is 7.16. The molecule has 0 bridgehead atoms. The lowest BCUT2D eigenvalue weighted by Gasteiger charge is -2.11. The predicted octanol–water partition coefficient (Wildman–Crippen LogP) is 4.94. The minimum atomic E-state index is -4.51. The van der Waals surface area contributed by atoms with Crippen LogP contribution in [0.15, 0.2) is 23.7 Å². The highest BCUT2D eigenvalue weighted by molar-refractivity contribution is 7.18. The number of amides is 1. The maximum absolute atomic E-state index is 12.6. The predicted molar refractivity (Wildman–Crippen MR) is 98.0 cm³/mol. The van der Waals surface area contributed by atoms with E-state index in [2.05, 4.69) is 20.6 Å². The van der Waals surface area contributed by atoms with E-state index in [0.29, 0.717) is 11.3 Å². The molecular formula is C16H13F3N4O2S2. The Bertz CT molecular complexity index is 998. The van der Waals surface area contributed by atoms with Gasteiger partial charge in [0.15, 0.2) is 16.0 Å². The summed E-state index contributed by atoms with van der Waals surface area (Å²) in [4.78, 5) is 20.1. The van der Waals surface area contributed by atoms with Gasteiger partial charge < -0.3 is 15.7 Å². The number of benzene rings is 1. The number of rotatable bonds is 4. The van der Waals surface area contributed by atoms with Gasteiger partial charge in [0.05, 0.1) is 11.9 Å². The molecule has 3 N–H and O–H groups in total. The van der Waals surface area contributed by atoms with Crippen LogP contribution in [0.25, 0.3) is 0 Å². The Labute approximate surface area is 159 Å². The standard InChI is InChI=1S/C16H13F3N4O2S2/c1-7-3-4-9(24)8(2)12(7)22-13(25)10-5-20-14(27-10)23-15-21-11(6-26-15)16(17,18)19/h3-6,24H,1-2H3,(H,22,25)(H,20,21,23). The molecule has 0 fully saturated rings. The summed E-state index contributed by atoms with van der Waals surface area (Å²) in [6.07, 6.45) is -3.20. The molecule has 142 valence electrons. The molecule has 1 aromatic carbocycles. The summed E-state index contributed by atoms with van der Waals surface area (Å²) in [5, 5.41) is 16.3. The van der Waals surface area contributed by atoms with E-state index in [1.165, 1.54) is 12.3 Å². The van der Waals surface area contributed by atoms with Crippen LogP contribution in [-0.4, -0.2) is 21.0 Å². The van der Waals surface area contributed by atoms with Gasteiger partial charge >= 0.3 is 6.18 Å². The van der Waals surface area contributed by atoms with Gasteiger partial charge in [0.25, 0.3) is 5.91 Å². The fraction of sp³-hybridized carbons (Fsp3) is 0.188. The minimum absolute atomic E-state index is 0.0308. The number of phenolic OH excluding ortho intramolecular Hbond substituents is 1. The van der Waals surface area contributed by atoms with E-state index in [4.69, 9.17) is 0 Å². The van der Waals surface area contributed by atoms with Crippen LogP contribution in [0, 0.1) is 13.8 Å². The van der Waals surface area contributed by atoms with Crippen LogP contribution in [0.2, 0.25) is 0 Å². The molecule has 0 aliphatic heterocycles. The van der Waals surface area contributed by atoms with Gasteiger partial charge in [-0.1, -0.05) is 17.4 Å². The van der Waals surface area contributed by atoms with Gasteiger partial charge in [0.2, 0.25) is 0 Å². The van der Waals surface area contributed by atoms with Crippen molar-refractivity contribution in [1.29, 1.82) is 0 Å². The Morgan fingerprint density at radius 3 is 2.63 bits per heavy atom. The fourth-order valence-electron chi connectivity index (χ4n) is 2.19. The van der Waals surface area contributed by atoms with Crippen molar-refractivity contribution in [3.63, 3.8) is 0 Å². The number of nitrogens with one attached hydrogen (secondary N) is 2. The number of carbonyl (C=O) groups is 1. The lowest BCUT2D eigenvalue weighted by atomic mass is 10.1. The van der Waals surface area contributed by atoms with E-state index in [1.54, 1.807) is 19.9 Å². The van der Waals surface area contributed by atoms with Gasteiger partial charge in [0.1, 0.15) is 10.6 Å². The highest BCUT2D eigenvalue weighted by Crippen LogP contribution is 2.33. The molecule has 0 aliphatic carbocycles. The van der Waals surface area contributed by atoms with Crippen molar-refractivity contribution in [2.45, 2.75) is 20.0 Å². The number of aryl methyl sites for hydroxylation is 1. The summed E-state index contributed by atoms with van der Waals surface area (Å²) in [6.45, 7) is 3.47. The Kier molecular flexibility index (Phi) is 5.07. The van der Waals surface area contributed by atoms with E-state index in [-0.39, 0.29) is 20.9 Å². The van der Waals surface area contributed by atoms with Gasteiger partial charge in [0, 0.05) is 10.9 Å². The number of aromatic hydroxyl groups is 1. The molecule has 2 aromatic heterocycles. The molecule has 27 heavy (non-hydrogen) atoms. The number of anilines is 3.